The molecule has 2 aromatic rings. The Morgan fingerprint density at radius 3 is 2.41 bits per heavy atom. The predicted octanol–water partition coefficient (Wildman–Crippen LogP) is 4.62. The van der Waals surface area contributed by atoms with Crippen molar-refractivity contribution < 1.29 is 46.5 Å². The van der Waals surface area contributed by atoms with Gasteiger partial charge in [0.2, 0.25) is 5.75 Å². The monoisotopic (exact) mass is 580 g/mol. The standard InChI is InChI=1S/C29H35F3N2O7/c1-16(2)12-22-17(3)40-28(37)23(34-27(36)25-26(41-18(4)35)24(38-5)10-11-33-25)15-39-14-20(22)13-19-6-8-21(9-7-19)29(30,31)32/h6-11,16-17,20,22-23H,12-15H2,1-5H3,(H,34,36)/t17-,20-,22-,23-/m0/s1. The van der Waals surface area contributed by atoms with Crippen molar-refractivity contribution in [2.75, 3.05) is 20.3 Å². The zero-order chi connectivity index (χ0) is 30.3. The number of ether oxygens (including phenoxy) is 4. The van der Waals surface area contributed by atoms with Gasteiger partial charge in [0, 0.05) is 25.1 Å². The van der Waals surface area contributed by atoms with E-state index in [0.717, 1.165) is 19.1 Å². The normalized spacial score (nSPS) is 21.7. The van der Waals surface area contributed by atoms with Crippen molar-refractivity contribution >= 4 is 17.8 Å². The SMILES string of the molecule is COc1ccnc(C(=O)N[C@H]2COC[C@H](Cc3ccc(C(F)(F)F)cc3)[C@@H](CC(C)C)[C@H](C)OC2=O)c1OC(C)=O. The molecule has 1 saturated heterocycles. The van der Waals surface area contributed by atoms with Crippen molar-refractivity contribution in [1.29, 1.82) is 0 Å². The summed E-state index contributed by atoms with van der Waals surface area (Å²) in [5.74, 6) is -2.41. The lowest BCUT2D eigenvalue weighted by atomic mass is 9.79. The van der Waals surface area contributed by atoms with Crippen LogP contribution in [0.2, 0.25) is 0 Å². The van der Waals surface area contributed by atoms with Gasteiger partial charge in [-0.15, -0.1) is 0 Å². The molecule has 0 aliphatic carbocycles. The summed E-state index contributed by atoms with van der Waals surface area (Å²) in [6.07, 6.45) is -2.62. The third-order valence-electron chi connectivity index (χ3n) is 6.79. The van der Waals surface area contributed by atoms with E-state index in [1.165, 1.54) is 31.5 Å². The van der Waals surface area contributed by atoms with Gasteiger partial charge in [-0.25, -0.2) is 9.78 Å². The molecule has 1 aliphatic heterocycles. The van der Waals surface area contributed by atoms with Gasteiger partial charge in [0.05, 0.1) is 25.9 Å². The Hall–Kier alpha value is -3.67. The van der Waals surface area contributed by atoms with Crippen LogP contribution in [0.15, 0.2) is 36.5 Å². The van der Waals surface area contributed by atoms with E-state index in [1.807, 2.05) is 13.8 Å². The highest BCUT2D eigenvalue weighted by Crippen LogP contribution is 2.33. The fraction of sp³-hybridized carbons (Fsp3) is 0.517. The molecule has 0 unspecified atom stereocenters. The summed E-state index contributed by atoms with van der Waals surface area (Å²) in [5, 5.41) is 2.55. The molecule has 9 nitrogen and oxygen atoms in total. The van der Waals surface area contributed by atoms with Crippen molar-refractivity contribution in [2.24, 2.45) is 17.8 Å². The van der Waals surface area contributed by atoms with Crippen LogP contribution in [0.25, 0.3) is 0 Å². The van der Waals surface area contributed by atoms with E-state index in [4.69, 9.17) is 18.9 Å². The van der Waals surface area contributed by atoms with Crippen LogP contribution in [-0.4, -0.2) is 55.3 Å². The average Bonchev–Trinajstić information content (AvgIpc) is 2.93. The second-order valence-corrected chi connectivity index (χ2v) is 10.4. The molecule has 0 radical (unpaired) electrons. The first kappa shape index (κ1) is 31.9. The van der Waals surface area contributed by atoms with Crippen LogP contribution in [0, 0.1) is 17.8 Å². The molecule has 12 heteroatoms. The molecular weight excluding hydrogens is 545 g/mol. The summed E-state index contributed by atoms with van der Waals surface area (Å²) in [7, 11) is 1.34. The zero-order valence-corrected chi connectivity index (χ0v) is 23.6. The Balaban J connectivity index is 1.82. The van der Waals surface area contributed by atoms with Gasteiger partial charge < -0.3 is 24.3 Å². The Morgan fingerprint density at radius 1 is 1.15 bits per heavy atom. The smallest absolute Gasteiger partial charge is 0.416 e. The van der Waals surface area contributed by atoms with Crippen molar-refractivity contribution in [3.8, 4) is 11.5 Å². The highest BCUT2D eigenvalue weighted by molar-refractivity contribution is 5.98. The maximum atomic E-state index is 13.2. The molecule has 41 heavy (non-hydrogen) atoms. The summed E-state index contributed by atoms with van der Waals surface area (Å²) in [6.45, 7) is 6.94. The highest BCUT2D eigenvalue weighted by atomic mass is 19.4. The van der Waals surface area contributed by atoms with Crippen LogP contribution in [0.5, 0.6) is 11.5 Å². The van der Waals surface area contributed by atoms with Crippen LogP contribution in [0.4, 0.5) is 13.2 Å². The molecule has 2 heterocycles. The third-order valence-corrected chi connectivity index (χ3v) is 6.79. The van der Waals surface area contributed by atoms with E-state index in [9.17, 15) is 27.6 Å². The predicted molar refractivity (Wildman–Crippen MR) is 141 cm³/mol. The summed E-state index contributed by atoms with van der Waals surface area (Å²) < 4.78 is 61.1. The number of nitrogens with zero attached hydrogens (tertiary/aromatic N) is 1. The van der Waals surface area contributed by atoms with E-state index in [2.05, 4.69) is 10.3 Å². The molecule has 0 saturated carbocycles. The Morgan fingerprint density at radius 2 is 1.83 bits per heavy atom. The van der Waals surface area contributed by atoms with Crippen LogP contribution >= 0.6 is 0 Å². The first-order valence-corrected chi connectivity index (χ1v) is 13.3. The van der Waals surface area contributed by atoms with Gasteiger partial charge in [0.15, 0.2) is 17.5 Å². The molecule has 224 valence electrons. The van der Waals surface area contributed by atoms with Crippen LogP contribution in [-0.2, 0) is 31.7 Å². The quantitative estimate of drug-likeness (QED) is 0.451. The number of pyridine rings is 1. The van der Waals surface area contributed by atoms with Crippen LogP contribution < -0.4 is 14.8 Å². The van der Waals surface area contributed by atoms with Gasteiger partial charge in [-0.1, -0.05) is 26.0 Å². The molecule has 1 N–H and O–H groups in total. The number of benzene rings is 1. The van der Waals surface area contributed by atoms with E-state index in [-0.39, 0.29) is 48.2 Å². The number of amides is 1. The van der Waals surface area contributed by atoms with Crippen molar-refractivity contribution in [3.63, 3.8) is 0 Å². The fourth-order valence-corrected chi connectivity index (χ4v) is 4.86. The maximum absolute atomic E-state index is 13.2. The van der Waals surface area contributed by atoms with Gasteiger partial charge >= 0.3 is 18.1 Å². The maximum Gasteiger partial charge on any atom is 0.416 e. The number of halogens is 3. The number of aromatic nitrogens is 1. The largest absolute Gasteiger partial charge is 0.493 e. The van der Waals surface area contributed by atoms with Crippen molar-refractivity contribution in [2.45, 2.75) is 58.9 Å². The molecule has 1 fully saturated rings. The molecule has 0 bridgehead atoms. The lowest BCUT2D eigenvalue weighted by Crippen LogP contribution is -2.46. The fourth-order valence-electron chi connectivity index (χ4n) is 4.86. The molecular formula is C29H35F3N2O7. The van der Waals surface area contributed by atoms with E-state index in [0.29, 0.717) is 18.4 Å². The minimum atomic E-state index is -4.43. The van der Waals surface area contributed by atoms with E-state index < -0.39 is 41.7 Å². The van der Waals surface area contributed by atoms with Crippen molar-refractivity contribution in [3.05, 3.63) is 53.3 Å². The zero-order valence-electron chi connectivity index (χ0n) is 23.6. The lowest BCUT2D eigenvalue weighted by molar-refractivity contribution is -0.154. The molecule has 4 atom stereocenters. The minimum absolute atomic E-state index is 0.102. The van der Waals surface area contributed by atoms with Gasteiger partial charge in [-0.05, 0) is 49.3 Å². The van der Waals surface area contributed by atoms with Gasteiger partial charge in [-0.2, -0.15) is 13.2 Å². The summed E-state index contributed by atoms with van der Waals surface area (Å²) >= 11 is 0. The Labute approximate surface area is 236 Å². The first-order valence-electron chi connectivity index (χ1n) is 13.3. The van der Waals surface area contributed by atoms with Gasteiger partial charge in [0.1, 0.15) is 6.10 Å². The Bertz CT molecular complexity index is 1220. The van der Waals surface area contributed by atoms with Crippen LogP contribution in [0.3, 0.4) is 0 Å². The summed E-state index contributed by atoms with van der Waals surface area (Å²) in [4.78, 5) is 41.9. The topological polar surface area (TPSA) is 113 Å². The van der Waals surface area contributed by atoms with Gasteiger partial charge in [-0.3, -0.25) is 9.59 Å². The number of cyclic esters (lactones) is 1. The van der Waals surface area contributed by atoms with Crippen LogP contribution in [0.1, 0.15) is 55.7 Å². The molecule has 3 rings (SSSR count). The number of nitrogens with one attached hydrogen (secondary N) is 1. The lowest BCUT2D eigenvalue weighted by Gasteiger charge is -2.32. The second-order valence-electron chi connectivity index (χ2n) is 10.4. The molecule has 1 amide bonds. The Kier molecular flexibility index (Phi) is 10.7. The number of hydrogen-bond acceptors (Lipinski definition) is 8. The third kappa shape index (κ3) is 8.66. The van der Waals surface area contributed by atoms with E-state index in [1.54, 1.807) is 6.92 Å². The summed E-state index contributed by atoms with van der Waals surface area (Å²) in [6, 6.07) is 5.21. The minimum Gasteiger partial charge on any atom is -0.493 e. The number of carbonyl (C=O) groups excluding carboxylic acids is 3. The van der Waals surface area contributed by atoms with Crippen molar-refractivity contribution in [1.82, 2.24) is 10.3 Å². The molecule has 1 aromatic heterocycles. The molecule has 0 spiro atoms. The highest BCUT2D eigenvalue weighted by Gasteiger charge is 2.36. The number of rotatable bonds is 8. The number of methoxy groups -OCH3 is 1. The summed E-state index contributed by atoms with van der Waals surface area (Å²) in [5.41, 5.74) is -0.294. The second kappa shape index (κ2) is 13.8. The average molecular weight is 581 g/mol. The first-order chi connectivity index (χ1) is 19.3. The number of hydrogen-bond donors (Lipinski definition) is 1. The van der Waals surface area contributed by atoms with E-state index >= 15 is 0 Å². The van der Waals surface area contributed by atoms with Gasteiger partial charge in [0.25, 0.3) is 5.91 Å². The number of alkyl halides is 3. The number of carbonyl (C=O) groups is 3. The number of esters is 2. The molecule has 1 aliphatic rings. The molecule has 1 aromatic carbocycles.